The molecule has 2 saturated carbocycles. The van der Waals surface area contributed by atoms with Crippen LogP contribution >= 0.6 is 0 Å². The van der Waals surface area contributed by atoms with Gasteiger partial charge in [0, 0.05) is 29.8 Å². The van der Waals surface area contributed by atoms with Gasteiger partial charge in [-0.05, 0) is 56.4 Å². The average molecular weight is 445 g/mol. The fraction of sp³-hybridized carbons (Fsp3) is 0.577. The Morgan fingerprint density at radius 2 is 1.81 bits per heavy atom. The number of aromatic nitrogens is 1. The lowest BCUT2D eigenvalue weighted by Gasteiger charge is -2.29. The van der Waals surface area contributed by atoms with E-state index in [1.807, 2.05) is 11.5 Å². The molecule has 1 aromatic heterocycles. The van der Waals surface area contributed by atoms with Crippen molar-refractivity contribution in [2.75, 3.05) is 0 Å². The Kier molecular flexibility index (Phi) is 7.29. The number of carbonyl (C=O) groups excluding carboxylic acids is 1. The van der Waals surface area contributed by atoms with Crippen molar-refractivity contribution in [3.05, 3.63) is 46.9 Å². The molecule has 0 aliphatic heterocycles. The second-order valence-electron chi connectivity index (χ2n) is 9.51. The number of hydrogen-bond donors (Lipinski definition) is 2. The van der Waals surface area contributed by atoms with Crippen molar-refractivity contribution in [2.45, 2.75) is 90.1 Å². The van der Waals surface area contributed by atoms with Crippen LogP contribution in [0.2, 0.25) is 0 Å². The number of aliphatic hydroxyl groups is 1. The summed E-state index contributed by atoms with van der Waals surface area (Å²) in [5, 5.41) is 13.7. The molecule has 1 amide bonds. The molecule has 2 aliphatic carbocycles. The molecule has 4 nitrogen and oxygen atoms in total. The second kappa shape index (κ2) is 10.2. The fourth-order valence-electron chi connectivity index (χ4n) is 5.33. The quantitative estimate of drug-likeness (QED) is 0.602. The van der Waals surface area contributed by atoms with E-state index in [0.717, 1.165) is 57.1 Å². The zero-order valence-corrected chi connectivity index (χ0v) is 18.9. The summed E-state index contributed by atoms with van der Waals surface area (Å²) in [6.45, 7) is 1.72. The number of benzene rings is 1. The number of carbonyl (C=O) groups is 1. The molecule has 2 aromatic rings. The van der Waals surface area contributed by atoms with Gasteiger partial charge in [0.1, 0.15) is 12.5 Å². The SMILES string of the molecule is Cc1c(C(=O)NC2CCCCC2)cc(-c2cc(CF)ccc2F)n1CC1CCCCC1O. The third-order valence-corrected chi connectivity index (χ3v) is 7.30. The lowest BCUT2D eigenvalue weighted by molar-refractivity contribution is 0.0606. The van der Waals surface area contributed by atoms with Gasteiger partial charge in [-0.1, -0.05) is 38.2 Å². The van der Waals surface area contributed by atoms with Crippen LogP contribution in [0.15, 0.2) is 24.3 Å². The van der Waals surface area contributed by atoms with Gasteiger partial charge in [0.2, 0.25) is 0 Å². The lowest BCUT2D eigenvalue weighted by atomic mass is 9.86. The van der Waals surface area contributed by atoms with Crippen molar-refractivity contribution in [1.82, 2.24) is 9.88 Å². The molecule has 1 heterocycles. The molecule has 0 bridgehead atoms. The Morgan fingerprint density at radius 3 is 2.53 bits per heavy atom. The van der Waals surface area contributed by atoms with Crippen molar-refractivity contribution in [3.63, 3.8) is 0 Å². The maximum absolute atomic E-state index is 14.9. The van der Waals surface area contributed by atoms with Gasteiger partial charge in [-0.3, -0.25) is 4.79 Å². The summed E-state index contributed by atoms with van der Waals surface area (Å²) in [4.78, 5) is 13.2. The standard InChI is InChI=1S/C26H34F2N2O2/c1-17-21(26(32)29-20-8-3-2-4-9-20)14-24(22-13-18(15-27)11-12-23(22)28)30(17)16-19-7-5-6-10-25(19)31/h11-14,19-20,25,31H,2-10,15-16H2,1H3,(H,29,32). The molecule has 0 spiro atoms. The van der Waals surface area contributed by atoms with E-state index < -0.39 is 18.6 Å². The topological polar surface area (TPSA) is 54.3 Å². The third kappa shape index (κ3) is 4.90. The predicted molar refractivity (Wildman–Crippen MR) is 122 cm³/mol. The van der Waals surface area contributed by atoms with E-state index >= 15 is 0 Å². The first-order chi connectivity index (χ1) is 15.5. The van der Waals surface area contributed by atoms with Crippen molar-refractivity contribution in [1.29, 1.82) is 0 Å². The van der Waals surface area contributed by atoms with Gasteiger partial charge in [0.05, 0.1) is 17.4 Å². The van der Waals surface area contributed by atoms with Crippen LogP contribution in [0.25, 0.3) is 11.3 Å². The Hall–Kier alpha value is -2.21. The normalized spacial score (nSPS) is 22.1. The molecule has 6 heteroatoms. The number of hydrogen-bond acceptors (Lipinski definition) is 2. The van der Waals surface area contributed by atoms with Crippen LogP contribution in [-0.2, 0) is 13.2 Å². The first kappa shape index (κ1) is 23.0. The summed E-state index contributed by atoms with van der Waals surface area (Å²) in [6, 6.07) is 6.17. The van der Waals surface area contributed by atoms with E-state index in [2.05, 4.69) is 5.32 Å². The van der Waals surface area contributed by atoms with Gasteiger partial charge < -0.3 is 15.0 Å². The minimum Gasteiger partial charge on any atom is -0.393 e. The zero-order chi connectivity index (χ0) is 22.7. The number of rotatable bonds is 6. The number of halogens is 2. The Bertz CT molecular complexity index is 950. The lowest BCUT2D eigenvalue weighted by Crippen LogP contribution is -2.36. The maximum atomic E-state index is 14.9. The summed E-state index contributed by atoms with van der Waals surface area (Å²) in [5.74, 6) is -0.527. The minimum atomic E-state index is -0.677. The molecule has 0 radical (unpaired) electrons. The van der Waals surface area contributed by atoms with Crippen LogP contribution in [0, 0.1) is 18.7 Å². The molecular formula is C26H34F2N2O2. The number of alkyl halides is 1. The van der Waals surface area contributed by atoms with Crippen LogP contribution in [0.5, 0.6) is 0 Å². The fourth-order valence-corrected chi connectivity index (χ4v) is 5.33. The Balaban J connectivity index is 1.71. The monoisotopic (exact) mass is 444 g/mol. The molecule has 4 rings (SSSR count). The maximum Gasteiger partial charge on any atom is 0.253 e. The largest absolute Gasteiger partial charge is 0.393 e. The van der Waals surface area contributed by atoms with Gasteiger partial charge in [-0.2, -0.15) is 0 Å². The summed E-state index contributed by atoms with van der Waals surface area (Å²) < 4.78 is 30.1. The van der Waals surface area contributed by atoms with E-state index in [9.17, 15) is 18.7 Å². The predicted octanol–water partition coefficient (Wildman–Crippen LogP) is 5.69. The minimum absolute atomic E-state index is 0.0512. The van der Waals surface area contributed by atoms with E-state index in [4.69, 9.17) is 0 Å². The Labute approximate surface area is 189 Å². The first-order valence-electron chi connectivity index (χ1n) is 12.0. The highest BCUT2D eigenvalue weighted by Crippen LogP contribution is 2.33. The van der Waals surface area contributed by atoms with E-state index in [0.29, 0.717) is 28.9 Å². The molecule has 32 heavy (non-hydrogen) atoms. The van der Waals surface area contributed by atoms with Gasteiger partial charge in [0.15, 0.2) is 0 Å². The summed E-state index contributed by atoms with van der Waals surface area (Å²) in [7, 11) is 0. The first-order valence-corrected chi connectivity index (χ1v) is 12.0. The molecule has 1 aromatic carbocycles. The van der Waals surface area contributed by atoms with Crippen molar-refractivity contribution < 1.29 is 18.7 Å². The molecule has 0 saturated heterocycles. The van der Waals surface area contributed by atoms with Crippen LogP contribution in [0.4, 0.5) is 8.78 Å². The number of nitrogens with one attached hydrogen (secondary N) is 1. The van der Waals surface area contributed by atoms with Gasteiger partial charge in [-0.25, -0.2) is 8.78 Å². The van der Waals surface area contributed by atoms with Crippen LogP contribution in [0.3, 0.4) is 0 Å². The van der Waals surface area contributed by atoms with E-state index in [-0.39, 0.29) is 17.9 Å². The van der Waals surface area contributed by atoms with Gasteiger partial charge in [0.25, 0.3) is 5.91 Å². The van der Waals surface area contributed by atoms with Crippen molar-refractivity contribution in [3.8, 4) is 11.3 Å². The number of amides is 1. The molecule has 2 unspecified atom stereocenters. The summed E-state index contributed by atoms with van der Waals surface area (Å²) in [5.41, 5.74) is 2.56. The molecule has 2 N–H and O–H groups in total. The molecule has 2 aliphatic rings. The molecule has 174 valence electrons. The van der Waals surface area contributed by atoms with Gasteiger partial charge >= 0.3 is 0 Å². The van der Waals surface area contributed by atoms with E-state index in [1.165, 1.54) is 24.6 Å². The summed E-state index contributed by atoms with van der Waals surface area (Å²) in [6.07, 6.45) is 8.75. The smallest absolute Gasteiger partial charge is 0.253 e. The van der Waals surface area contributed by atoms with Crippen molar-refractivity contribution >= 4 is 5.91 Å². The molecule has 2 fully saturated rings. The van der Waals surface area contributed by atoms with Crippen LogP contribution < -0.4 is 5.32 Å². The highest BCUT2D eigenvalue weighted by molar-refractivity contribution is 5.97. The van der Waals surface area contributed by atoms with Crippen LogP contribution in [0.1, 0.15) is 79.4 Å². The second-order valence-corrected chi connectivity index (χ2v) is 9.51. The summed E-state index contributed by atoms with van der Waals surface area (Å²) >= 11 is 0. The highest BCUT2D eigenvalue weighted by Gasteiger charge is 2.28. The van der Waals surface area contributed by atoms with E-state index in [1.54, 1.807) is 6.07 Å². The average Bonchev–Trinajstić information content (AvgIpc) is 3.12. The van der Waals surface area contributed by atoms with Crippen molar-refractivity contribution in [2.24, 2.45) is 5.92 Å². The number of aliphatic hydroxyl groups excluding tert-OH is 1. The van der Waals surface area contributed by atoms with Gasteiger partial charge in [-0.15, -0.1) is 0 Å². The molecule has 2 atom stereocenters. The molecular weight excluding hydrogens is 410 g/mol. The third-order valence-electron chi connectivity index (χ3n) is 7.30. The Morgan fingerprint density at radius 1 is 1.09 bits per heavy atom. The van der Waals surface area contributed by atoms with Crippen LogP contribution in [-0.4, -0.2) is 27.7 Å². The number of nitrogens with zero attached hydrogens (tertiary/aromatic N) is 1. The zero-order valence-electron chi connectivity index (χ0n) is 18.9. The highest BCUT2D eigenvalue weighted by atomic mass is 19.1.